The van der Waals surface area contributed by atoms with Crippen molar-refractivity contribution in [2.24, 2.45) is 0 Å². The van der Waals surface area contributed by atoms with Gasteiger partial charge in [0, 0.05) is 24.7 Å². The number of amides is 1. The van der Waals surface area contributed by atoms with E-state index in [0.29, 0.717) is 13.0 Å². The topological polar surface area (TPSA) is 79.4 Å². The first-order valence-corrected chi connectivity index (χ1v) is 10.8. The van der Waals surface area contributed by atoms with E-state index in [9.17, 15) is 18.0 Å². The lowest BCUT2D eigenvalue weighted by molar-refractivity contribution is -0.325. The van der Waals surface area contributed by atoms with Gasteiger partial charge in [0.15, 0.2) is 11.5 Å². The standard InChI is InChI=1S/C22H22ClF3N2O6/c1-30-16-11-14(10-15(23)19(16)31-8-9-33-22(24,25)26)20(29)28-7-5-21(17-4-2-3-6-27-17)18(12-28)32-13-34-21/h2-4,6,10-11,18H,5,7-9,12-13H2,1H3. The Hall–Kier alpha value is -2.60. The summed E-state index contributed by atoms with van der Waals surface area (Å²) < 4.78 is 62.4. The molecular weight excluding hydrogens is 481 g/mol. The summed E-state index contributed by atoms with van der Waals surface area (Å²) in [5.41, 5.74) is 0.277. The number of fused-ring (bicyclic) bond motifs is 1. The minimum absolute atomic E-state index is 0.0202. The number of piperidine rings is 1. The van der Waals surface area contributed by atoms with Crippen molar-refractivity contribution in [1.82, 2.24) is 9.88 Å². The fourth-order valence-corrected chi connectivity index (χ4v) is 4.37. The summed E-state index contributed by atoms with van der Waals surface area (Å²) in [5, 5.41) is 0.0231. The minimum atomic E-state index is -4.76. The van der Waals surface area contributed by atoms with Crippen molar-refractivity contribution < 1.29 is 41.7 Å². The molecule has 0 aliphatic carbocycles. The van der Waals surface area contributed by atoms with Gasteiger partial charge in [-0.1, -0.05) is 17.7 Å². The average Bonchev–Trinajstić information content (AvgIpc) is 3.26. The number of likely N-dealkylation sites (tertiary alicyclic amines) is 1. The Morgan fingerprint density at radius 2 is 2.15 bits per heavy atom. The number of hydrogen-bond donors (Lipinski definition) is 0. The number of aromatic nitrogens is 1. The molecule has 0 N–H and O–H groups in total. The number of hydrogen-bond acceptors (Lipinski definition) is 7. The third-order valence-electron chi connectivity index (χ3n) is 5.70. The van der Waals surface area contributed by atoms with Crippen molar-refractivity contribution in [2.45, 2.75) is 24.5 Å². The second-order valence-electron chi connectivity index (χ2n) is 7.66. The second kappa shape index (κ2) is 9.95. The van der Waals surface area contributed by atoms with Gasteiger partial charge in [0.1, 0.15) is 25.1 Å². The SMILES string of the molecule is COc1cc(C(=O)N2CCC3(c4ccccn4)OCOC3C2)cc(Cl)c1OCCOC(F)(F)F. The van der Waals surface area contributed by atoms with E-state index in [2.05, 4.69) is 9.72 Å². The van der Waals surface area contributed by atoms with Gasteiger partial charge in [-0.2, -0.15) is 0 Å². The lowest BCUT2D eigenvalue weighted by atomic mass is 9.85. The first-order valence-electron chi connectivity index (χ1n) is 10.4. The van der Waals surface area contributed by atoms with Crippen LogP contribution in [-0.2, 0) is 19.8 Å². The van der Waals surface area contributed by atoms with E-state index in [0.717, 1.165) is 5.69 Å². The predicted molar refractivity (Wildman–Crippen MR) is 113 cm³/mol. The van der Waals surface area contributed by atoms with Gasteiger partial charge in [-0.15, -0.1) is 13.2 Å². The van der Waals surface area contributed by atoms with Crippen LogP contribution < -0.4 is 9.47 Å². The Bertz CT molecular complexity index is 1030. The summed E-state index contributed by atoms with van der Waals surface area (Å²) in [5.74, 6) is -0.174. The monoisotopic (exact) mass is 502 g/mol. The summed E-state index contributed by atoms with van der Waals surface area (Å²) in [6, 6.07) is 8.39. The van der Waals surface area contributed by atoms with E-state index in [1.54, 1.807) is 11.1 Å². The van der Waals surface area contributed by atoms with Crippen molar-refractivity contribution in [3.05, 3.63) is 52.8 Å². The van der Waals surface area contributed by atoms with Gasteiger partial charge in [0.25, 0.3) is 5.91 Å². The third kappa shape index (κ3) is 5.07. The summed E-state index contributed by atoms with van der Waals surface area (Å²) in [6.45, 7) is -0.361. The molecule has 2 saturated heterocycles. The van der Waals surface area contributed by atoms with Crippen LogP contribution in [0.15, 0.2) is 36.5 Å². The molecule has 34 heavy (non-hydrogen) atoms. The summed E-state index contributed by atoms with van der Waals surface area (Å²) in [4.78, 5) is 19.3. The number of nitrogens with zero attached hydrogens (tertiary/aromatic N) is 2. The van der Waals surface area contributed by atoms with Gasteiger partial charge in [0.2, 0.25) is 0 Å². The lowest BCUT2D eigenvalue weighted by Gasteiger charge is -2.41. The van der Waals surface area contributed by atoms with Gasteiger partial charge in [-0.05, 0) is 24.3 Å². The number of ether oxygens (including phenoxy) is 5. The predicted octanol–water partition coefficient (Wildman–Crippen LogP) is 3.77. The maximum atomic E-state index is 13.2. The molecule has 1 amide bonds. The zero-order valence-corrected chi connectivity index (χ0v) is 18.9. The Kier molecular flexibility index (Phi) is 7.17. The first-order chi connectivity index (χ1) is 16.2. The fourth-order valence-electron chi connectivity index (χ4n) is 4.11. The molecule has 2 fully saturated rings. The number of rotatable bonds is 7. The molecule has 4 rings (SSSR count). The largest absolute Gasteiger partial charge is 0.522 e. The van der Waals surface area contributed by atoms with Crippen LogP contribution in [0.3, 0.4) is 0 Å². The fraction of sp³-hybridized carbons (Fsp3) is 0.455. The maximum Gasteiger partial charge on any atom is 0.522 e. The molecule has 1 aromatic carbocycles. The van der Waals surface area contributed by atoms with Crippen LogP contribution in [-0.4, -0.2) is 68.5 Å². The number of pyridine rings is 1. The molecule has 2 atom stereocenters. The summed E-state index contributed by atoms with van der Waals surface area (Å²) in [6.07, 6.45) is -2.97. The van der Waals surface area contributed by atoms with Crippen LogP contribution in [0, 0.1) is 0 Å². The van der Waals surface area contributed by atoms with E-state index in [4.69, 9.17) is 30.5 Å². The zero-order chi connectivity index (χ0) is 24.3. The molecule has 12 heteroatoms. The van der Waals surface area contributed by atoms with Gasteiger partial charge in [-0.3, -0.25) is 14.5 Å². The van der Waals surface area contributed by atoms with Crippen molar-refractivity contribution in [1.29, 1.82) is 0 Å². The minimum Gasteiger partial charge on any atom is -0.493 e. The summed E-state index contributed by atoms with van der Waals surface area (Å²) in [7, 11) is 1.34. The van der Waals surface area contributed by atoms with Crippen LogP contribution >= 0.6 is 11.6 Å². The van der Waals surface area contributed by atoms with E-state index in [1.807, 2.05) is 18.2 Å². The Labute approximate surface area is 198 Å². The zero-order valence-electron chi connectivity index (χ0n) is 18.1. The van der Waals surface area contributed by atoms with Gasteiger partial charge in [-0.25, -0.2) is 0 Å². The number of carbonyl (C=O) groups is 1. The van der Waals surface area contributed by atoms with Crippen LogP contribution in [0.2, 0.25) is 5.02 Å². The normalized spacial score (nSPS) is 22.4. The van der Waals surface area contributed by atoms with Gasteiger partial charge in [0.05, 0.1) is 31.0 Å². The number of carbonyl (C=O) groups excluding carboxylic acids is 1. The highest BCUT2D eigenvalue weighted by atomic mass is 35.5. The molecule has 0 spiro atoms. The average molecular weight is 503 g/mol. The lowest BCUT2D eigenvalue weighted by Crippen LogP contribution is -2.53. The van der Waals surface area contributed by atoms with Crippen LogP contribution in [0.25, 0.3) is 0 Å². The molecule has 2 unspecified atom stereocenters. The third-order valence-corrected chi connectivity index (χ3v) is 5.98. The summed E-state index contributed by atoms with van der Waals surface area (Å²) >= 11 is 6.26. The molecule has 2 aromatic rings. The molecule has 0 radical (unpaired) electrons. The highest BCUT2D eigenvalue weighted by Gasteiger charge is 2.52. The molecule has 0 saturated carbocycles. The number of benzene rings is 1. The second-order valence-corrected chi connectivity index (χ2v) is 8.06. The van der Waals surface area contributed by atoms with Crippen molar-refractivity contribution in [3.8, 4) is 11.5 Å². The maximum absolute atomic E-state index is 13.2. The van der Waals surface area contributed by atoms with E-state index in [-0.39, 0.29) is 41.3 Å². The van der Waals surface area contributed by atoms with E-state index >= 15 is 0 Å². The molecule has 1 aromatic heterocycles. The van der Waals surface area contributed by atoms with Gasteiger partial charge >= 0.3 is 6.36 Å². The molecular formula is C22H22ClF3N2O6. The highest BCUT2D eigenvalue weighted by molar-refractivity contribution is 6.32. The molecule has 2 aliphatic rings. The molecule has 3 heterocycles. The number of halogens is 4. The molecule has 0 bridgehead atoms. The molecule has 8 nitrogen and oxygen atoms in total. The smallest absolute Gasteiger partial charge is 0.493 e. The molecule has 2 aliphatic heterocycles. The first kappa shape index (κ1) is 24.5. The Balaban J connectivity index is 1.46. The Morgan fingerprint density at radius 3 is 2.85 bits per heavy atom. The van der Waals surface area contributed by atoms with Crippen molar-refractivity contribution >= 4 is 17.5 Å². The van der Waals surface area contributed by atoms with E-state index in [1.165, 1.54) is 19.2 Å². The Morgan fingerprint density at radius 1 is 1.32 bits per heavy atom. The quantitative estimate of drug-likeness (QED) is 0.533. The van der Waals surface area contributed by atoms with Crippen molar-refractivity contribution in [3.63, 3.8) is 0 Å². The number of methoxy groups -OCH3 is 1. The van der Waals surface area contributed by atoms with Crippen LogP contribution in [0.1, 0.15) is 22.5 Å². The van der Waals surface area contributed by atoms with Crippen LogP contribution in [0.5, 0.6) is 11.5 Å². The van der Waals surface area contributed by atoms with Gasteiger partial charge < -0.3 is 23.8 Å². The van der Waals surface area contributed by atoms with Crippen LogP contribution in [0.4, 0.5) is 13.2 Å². The highest BCUT2D eigenvalue weighted by Crippen LogP contribution is 2.42. The van der Waals surface area contributed by atoms with E-state index < -0.39 is 31.3 Å². The number of alkyl halides is 3. The van der Waals surface area contributed by atoms with Crippen molar-refractivity contribution in [2.75, 3.05) is 40.2 Å². The molecule has 184 valence electrons.